The number of hydrogen-bond acceptors (Lipinski definition) is 0. The minimum absolute atomic E-state index is 1.11. The van der Waals surface area contributed by atoms with Gasteiger partial charge in [-0.25, -0.2) is 0 Å². The maximum absolute atomic E-state index is 3.54. The fourth-order valence-corrected chi connectivity index (χ4v) is 3.09. The van der Waals surface area contributed by atoms with Gasteiger partial charge in [0.2, 0.25) is 0 Å². The van der Waals surface area contributed by atoms with Crippen LogP contribution in [0.1, 0.15) is 11.1 Å². The van der Waals surface area contributed by atoms with E-state index in [1.165, 1.54) is 33.4 Å². The zero-order valence-corrected chi connectivity index (χ0v) is 13.8. The molecule has 3 aromatic rings. The normalized spacial score (nSPS) is 10.6. The topological polar surface area (TPSA) is 0 Å². The highest BCUT2D eigenvalue weighted by Crippen LogP contribution is 2.31. The molecule has 0 saturated heterocycles. The Morgan fingerprint density at radius 1 is 0.619 bits per heavy atom. The average molecular weight is 337 g/mol. The number of halogens is 1. The predicted octanol–water partition coefficient (Wildman–Crippen LogP) is 6.40. The van der Waals surface area contributed by atoms with Gasteiger partial charge in [-0.1, -0.05) is 70.5 Å². The molecule has 0 saturated carbocycles. The second kappa shape index (κ2) is 5.87. The minimum atomic E-state index is 1.11. The van der Waals surface area contributed by atoms with Gasteiger partial charge in [-0.2, -0.15) is 0 Å². The van der Waals surface area contributed by atoms with Crippen LogP contribution in [0.5, 0.6) is 0 Å². The van der Waals surface area contributed by atoms with Crippen LogP contribution in [0.3, 0.4) is 0 Å². The van der Waals surface area contributed by atoms with E-state index in [9.17, 15) is 0 Å². The van der Waals surface area contributed by atoms with E-state index in [2.05, 4.69) is 96.5 Å². The molecular formula is C20H17Br. The van der Waals surface area contributed by atoms with Crippen molar-refractivity contribution in [2.45, 2.75) is 13.8 Å². The molecule has 3 rings (SSSR count). The summed E-state index contributed by atoms with van der Waals surface area (Å²) in [4.78, 5) is 0. The van der Waals surface area contributed by atoms with Gasteiger partial charge in [0.25, 0.3) is 0 Å². The van der Waals surface area contributed by atoms with Gasteiger partial charge < -0.3 is 0 Å². The number of hydrogen-bond donors (Lipinski definition) is 0. The summed E-state index contributed by atoms with van der Waals surface area (Å²) in [6.45, 7) is 4.35. The summed E-state index contributed by atoms with van der Waals surface area (Å²) in [5, 5.41) is 0. The lowest BCUT2D eigenvalue weighted by Gasteiger charge is -2.11. The lowest BCUT2D eigenvalue weighted by molar-refractivity contribution is 1.41. The molecule has 0 bridgehead atoms. The fourth-order valence-electron chi connectivity index (χ4n) is 2.69. The van der Waals surface area contributed by atoms with Crippen LogP contribution in [-0.4, -0.2) is 0 Å². The molecule has 104 valence electrons. The first-order chi connectivity index (χ1) is 10.1. The van der Waals surface area contributed by atoms with Crippen molar-refractivity contribution in [3.8, 4) is 22.3 Å². The first-order valence-electron chi connectivity index (χ1n) is 7.08. The summed E-state index contributed by atoms with van der Waals surface area (Å²) in [5.74, 6) is 0. The van der Waals surface area contributed by atoms with Gasteiger partial charge in [0, 0.05) is 4.47 Å². The van der Waals surface area contributed by atoms with Crippen molar-refractivity contribution in [1.82, 2.24) is 0 Å². The van der Waals surface area contributed by atoms with Crippen LogP contribution in [0, 0.1) is 13.8 Å². The second-order valence-electron chi connectivity index (χ2n) is 5.35. The monoisotopic (exact) mass is 336 g/mol. The molecule has 0 amide bonds. The Labute approximate surface area is 134 Å². The largest absolute Gasteiger partial charge is 0.0620 e. The maximum Gasteiger partial charge on any atom is 0.0181 e. The van der Waals surface area contributed by atoms with Gasteiger partial charge in [-0.15, -0.1) is 0 Å². The van der Waals surface area contributed by atoms with Crippen molar-refractivity contribution < 1.29 is 0 Å². The molecule has 0 atom stereocenters. The number of aryl methyl sites for hydroxylation is 2. The Bertz CT molecular complexity index is 787. The Morgan fingerprint density at radius 3 is 2.05 bits per heavy atom. The summed E-state index contributed by atoms with van der Waals surface area (Å²) in [6.07, 6.45) is 0. The van der Waals surface area contributed by atoms with Crippen LogP contribution < -0.4 is 0 Å². The van der Waals surface area contributed by atoms with Crippen LogP contribution in [0.25, 0.3) is 22.3 Å². The van der Waals surface area contributed by atoms with Crippen molar-refractivity contribution in [3.05, 3.63) is 82.3 Å². The summed E-state index contributed by atoms with van der Waals surface area (Å²) in [5.41, 5.74) is 7.75. The molecule has 0 aromatic heterocycles. The van der Waals surface area contributed by atoms with Crippen LogP contribution in [0.4, 0.5) is 0 Å². The van der Waals surface area contributed by atoms with Crippen LogP contribution in [0.15, 0.2) is 71.2 Å². The van der Waals surface area contributed by atoms with Crippen molar-refractivity contribution in [1.29, 1.82) is 0 Å². The van der Waals surface area contributed by atoms with E-state index in [1.807, 2.05) is 0 Å². The van der Waals surface area contributed by atoms with Crippen molar-refractivity contribution in [2.24, 2.45) is 0 Å². The summed E-state index contributed by atoms with van der Waals surface area (Å²) in [6, 6.07) is 23.7. The third kappa shape index (κ3) is 2.93. The first-order valence-corrected chi connectivity index (χ1v) is 7.87. The second-order valence-corrected chi connectivity index (χ2v) is 6.27. The third-order valence-electron chi connectivity index (χ3n) is 3.82. The highest BCUT2D eigenvalue weighted by molar-refractivity contribution is 9.10. The Hall–Kier alpha value is -1.86. The highest BCUT2D eigenvalue weighted by Gasteiger charge is 2.06. The van der Waals surface area contributed by atoms with Crippen molar-refractivity contribution >= 4 is 15.9 Å². The minimum Gasteiger partial charge on any atom is -0.0620 e. The van der Waals surface area contributed by atoms with Gasteiger partial charge in [0.15, 0.2) is 0 Å². The molecule has 0 nitrogen and oxygen atoms in total. The summed E-state index contributed by atoms with van der Waals surface area (Å²) < 4.78 is 1.11. The van der Waals surface area contributed by atoms with E-state index in [4.69, 9.17) is 0 Å². The van der Waals surface area contributed by atoms with E-state index >= 15 is 0 Å². The molecule has 0 aliphatic rings. The molecule has 3 aromatic carbocycles. The third-order valence-corrected chi connectivity index (χ3v) is 4.31. The van der Waals surface area contributed by atoms with Gasteiger partial charge in [-0.05, 0) is 59.4 Å². The molecule has 0 unspecified atom stereocenters. The zero-order valence-electron chi connectivity index (χ0n) is 12.2. The first kappa shape index (κ1) is 14.1. The van der Waals surface area contributed by atoms with Gasteiger partial charge in [0.05, 0.1) is 0 Å². The van der Waals surface area contributed by atoms with E-state index in [0.717, 1.165) is 4.47 Å². The smallest absolute Gasteiger partial charge is 0.0181 e. The molecule has 21 heavy (non-hydrogen) atoms. The molecule has 0 spiro atoms. The quantitative estimate of drug-likeness (QED) is 0.507. The van der Waals surface area contributed by atoms with Crippen LogP contribution in [0.2, 0.25) is 0 Å². The Kier molecular flexibility index (Phi) is 3.94. The molecule has 0 N–H and O–H groups in total. The molecule has 0 radical (unpaired) electrons. The zero-order chi connectivity index (χ0) is 14.8. The lowest BCUT2D eigenvalue weighted by atomic mass is 9.93. The summed E-state index contributed by atoms with van der Waals surface area (Å²) in [7, 11) is 0. The predicted molar refractivity (Wildman–Crippen MR) is 94.5 cm³/mol. The van der Waals surface area contributed by atoms with Crippen molar-refractivity contribution in [3.63, 3.8) is 0 Å². The Balaban J connectivity index is 2.07. The van der Waals surface area contributed by atoms with Crippen LogP contribution >= 0.6 is 15.9 Å². The van der Waals surface area contributed by atoms with Crippen molar-refractivity contribution in [2.75, 3.05) is 0 Å². The van der Waals surface area contributed by atoms with Gasteiger partial charge in [0.1, 0.15) is 0 Å². The molecule has 0 fully saturated rings. The number of rotatable bonds is 2. The number of benzene rings is 3. The van der Waals surface area contributed by atoms with Gasteiger partial charge >= 0.3 is 0 Å². The fraction of sp³-hybridized carbons (Fsp3) is 0.100. The highest BCUT2D eigenvalue weighted by atomic mass is 79.9. The van der Waals surface area contributed by atoms with E-state index in [-0.39, 0.29) is 0 Å². The van der Waals surface area contributed by atoms with E-state index in [0.29, 0.717) is 0 Å². The molecule has 0 aliphatic carbocycles. The molecule has 0 aliphatic heterocycles. The Morgan fingerprint density at radius 2 is 1.33 bits per heavy atom. The average Bonchev–Trinajstić information content (AvgIpc) is 2.48. The molecule has 1 heteroatoms. The molecular weight excluding hydrogens is 320 g/mol. The summed E-state index contributed by atoms with van der Waals surface area (Å²) >= 11 is 3.54. The van der Waals surface area contributed by atoms with E-state index in [1.54, 1.807) is 0 Å². The standard InChI is InChI=1S/C20H17Br/c1-14-6-3-4-9-19(14)20-11-10-17(12-15(20)2)16-7-5-8-18(21)13-16/h3-13H,1-2H3. The lowest BCUT2D eigenvalue weighted by Crippen LogP contribution is -1.88. The molecule has 0 heterocycles. The van der Waals surface area contributed by atoms with Gasteiger partial charge in [-0.3, -0.25) is 0 Å². The SMILES string of the molecule is Cc1ccccc1-c1ccc(-c2cccc(Br)c2)cc1C. The van der Waals surface area contributed by atoms with Crippen LogP contribution in [-0.2, 0) is 0 Å². The van der Waals surface area contributed by atoms with E-state index < -0.39 is 0 Å². The maximum atomic E-state index is 3.54.